The van der Waals surface area contributed by atoms with E-state index in [2.05, 4.69) is 5.32 Å². The molecule has 0 heterocycles. The summed E-state index contributed by atoms with van der Waals surface area (Å²) in [5.41, 5.74) is 2.14. The number of nitrogens with zero attached hydrogens (tertiary/aromatic N) is 1. The molecule has 2 aromatic rings. The van der Waals surface area contributed by atoms with Crippen molar-refractivity contribution in [2.24, 2.45) is 0 Å². The van der Waals surface area contributed by atoms with Crippen LogP contribution in [0, 0.1) is 36.7 Å². The highest BCUT2D eigenvalue weighted by Gasteiger charge is 2.18. The number of carbonyl (C=O) groups is 2. The highest BCUT2D eigenvalue weighted by molar-refractivity contribution is 5.97. The third kappa shape index (κ3) is 4.41. The van der Waals surface area contributed by atoms with Gasteiger partial charge in [0.05, 0.1) is 10.5 Å². The summed E-state index contributed by atoms with van der Waals surface area (Å²) in [6, 6.07) is 6.61. The smallest absolute Gasteiger partial charge is 0.339 e. The number of benzene rings is 2. The summed E-state index contributed by atoms with van der Waals surface area (Å²) in [7, 11) is 0. The Morgan fingerprint density at radius 1 is 1.15 bits per heavy atom. The van der Waals surface area contributed by atoms with Crippen LogP contribution in [-0.4, -0.2) is 23.4 Å². The van der Waals surface area contributed by atoms with Crippen LogP contribution < -0.4 is 5.32 Å². The van der Waals surface area contributed by atoms with Gasteiger partial charge in [0.2, 0.25) is 5.82 Å². The van der Waals surface area contributed by atoms with Gasteiger partial charge in [-0.25, -0.2) is 4.79 Å². The lowest BCUT2D eigenvalue weighted by molar-refractivity contribution is -0.387. The second-order valence-corrected chi connectivity index (χ2v) is 5.82. The topological polar surface area (TPSA) is 98.5 Å². The second-order valence-electron chi connectivity index (χ2n) is 5.82. The van der Waals surface area contributed by atoms with Crippen LogP contribution in [0.25, 0.3) is 0 Å². The first-order chi connectivity index (χ1) is 12.2. The van der Waals surface area contributed by atoms with E-state index in [0.29, 0.717) is 5.56 Å². The van der Waals surface area contributed by atoms with Crippen molar-refractivity contribution in [3.63, 3.8) is 0 Å². The van der Waals surface area contributed by atoms with E-state index in [1.54, 1.807) is 13.8 Å². The average molecular weight is 360 g/mol. The lowest BCUT2D eigenvalue weighted by atomic mass is 10.00. The summed E-state index contributed by atoms with van der Waals surface area (Å²) < 4.78 is 18.3. The predicted molar refractivity (Wildman–Crippen MR) is 92.6 cm³/mol. The summed E-state index contributed by atoms with van der Waals surface area (Å²) in [6.07, 6.45) is 0. The van der Waals surface area contributed by atoms with Crippen LogP contribution >= 0.6 is 0 Å². The highest BCUT2D eigenvalue weighted by Crippen LogP contribution is 2.21. The van der Waals surface area contributed by atoms with Crippen molar-refractivity contribution >= 4 is 23.3 Å². The number of ether oxygens (including phenoxy) is 1. The molecule has 0 radical (unpaired) electrons. The molecule has 8 heteroatoms. The molecule has 0 aromatic heterocycles. The van der Waals surface area contributed by atoms with Crippen molar-refractivity contribution in [3.05, 3.63) is 68.5 Å². The maximum atomic E-state index is 13.3. The van der Waals surface area contributed by atoms with Crippen molar-refractivity contribution in [1.82, 2.24) is 0 Å². The van der Waals surface area contributed by atoms with Gasteiger partial charge in [-0.1, -0.05) is 17.7 Å². The van der Waals surface area contributed by atoms with Crippen LogP contribution in [0.2, 0.25) is 0 Å². The molecule has 0 aliphatic heterocycles. The molecule has 0 fully saturated rings. The average Bonchev–Trinajstić information content (AvgIpc) is 2.53. The number of carbonyl (C=O) groups excluding carboxylic acids is 2. The van der Waals surface area contributed by atoms with E-state index in [4.69, 9.17) is 4.74 Å². The van der Waals surface area contributed by atoms with E-state index in [9.17, 15) is 24.1 Å². The van der Waals surface area contributed by atoms with E-state index in [1.807, 2.05) is 19.1 Å². The summed E-state index contributed by atoms with van der Waals surface area (Å²) in [5, 5.41) is 13.0. The van der Waals surface area contributed by atoms with Crippen LogP contribution in [0.5, 0.6) is 0 Å². The molecule has 1 amide bonds. The first-order valence-corrected chi connectivity index (χ1v) is 7.68. The fourth-order valence-electron chi connectivity index (χ4n) is 2.63. The molecular weight excluding hydrogens is 343 g/mol. The van der Waals surface area contributed by atoms with E-state index in [1.165, 1.54) is 6.07 Å². The van der Waals surface area contributed by atoms with Gasteiger partial charge in [-0.2, -0.15) is 4.39 Å². The Labute approximate surface area is 148 Å². The normalized spacial score (nSPS) is 10.3. The number of hydrogen-bond acceptors (Lipinski definition) is 5. The molecule has 1 N–H and O–H groups in total. The molecule has 0 atom stereocenters. The first kappa shape index (κ1) is 19.0. The predicted octanol–water partition coefficient (Wildman–Crippen LogP) is 3.45. The highest BCUT2D eigenvalue weighted by atomic mass is 19.1. The Bertz CT molecular complexity index is 872. The first-order valence-electron chi connectivity index (χ1n) is 7.68. The monoisotopic (exact) mass is 360 g/mol. The van der Waals surface area contributed by atoms with E-state index < -0.39 is 34.9 Å². The zero-order chi connectivity index (χ0) is 19.4. The molecule has 136 valence electrons. The summed E-state index contributed by atoms with van der Waals surface area (Å²) in [5.74, 6) is -2.34. The molecule has 0 aliphatic rings. The number of anilines is 1. The van der Waals surface area contributed by atoms with Gasteiger partial charge in [-0.05, 0) is 44.0 Å². The Morgan fingerprint density at radius 3 is 2.35 bits per heavy atom. The molecule has 0 aliphatic carbocycles. The molecule has 0 unspecified atom stereocenters. The van der Waals surface area contributed by atoms with E-state index >= 15 is 0 Å². The van der Waals surface area contributed by atoms with E-state index in [-0.39, 0.29) is 5.69 Å². The Kier molecular flexibility index (Phi) is 5.66. The number of nitrogens with one attached hydrogen (secondary N) is 1. The van der Waals surface area contributed by atoms with Crippen LogP contribution in [-0.2, 0) is 9.53 Å². The quantitative estimate of drug-likeness (QED) is 0.500. The minimum absolute atomic E-state index is 0.0295. The van der Waals surface area contributed by atoms with E-state index in [0.717, 1.165) is 28.8 Å². The molecule has 2 aromatic carbocycles. The molecule has 2 rings (SSSR count). The van der Waals surface area contributed by atoms with Crippen LogP contribution in [0.1, 0.15) is 27.0 Å². The number of nitro groups is 1. The number of esters is 1. The lowest BCUT2D eigenvalue weighted by Crippen LogP contribution is -2.21. The third-order valence-electron chi connectivity index (χ3n) is 3.64. The number of aryl methyl sites for hydroxylation is 3. The largest absolute Gasteiger partial charge is 0.452 e. The third-order valence-corrected chi connectivity index (χ3v) is 3.64. The van der Waals surface area contributed by atoms with Gasteiger partial charge in [-0.15, -0.1) is 0 Å². The standard InChI is InChI=1S/C18H17FN2O5/c1-10-6-11(2)17(12(3)7-10)18(23)26-9-16(22)20-13-4-5-14(19)15(8-13)21(24)25/h4-8H,9H2,1-3H3,(H,20,22). The van der Waals surface area contributed by atoms with Crippen molar-refractivity contribution < 1.29 is 23.6 Å². The zero-order valence-electron chi connectivity index (χ0n) is 14.5. The van der Waals surface area contributed by atoms with Crippen molar-refractivity contribution in [3.8, 4) is 0 Å². The molecule has 0 saturated heterocycles. The Balaban J connectivity index is 2.02. The Hall–Kier alpha value is -3.29. The van der Waals surface area contributed by atoms with Gasteiger partial charge in [0, 0.05) is 11.8 Å². The zero-order valence-corrected chi connectivity index (χ0v) is 14.5. The molecule has 0 bridgehead atoms. The van der Waals surface area contributed by atoms with Gasteiger partial charge in [0.25, 0.3) is 5.91 Å². The molecule has 0 saturated carbocycles. The number of amides is 1. The molecular formula is C18H17FN2O5. The number of hydrogen-bond donors (Lipinski definition) is 1. The maximum absolute atomic E-state index is 13.3. The Morgan fingerprint density at radius 2 is 1.77 bits per heavy atom. The minimum atomic E-state index is -1.01. The molecule has 26 heavy (non-hydrogen) atoms. The van der Waals surface area contributed by atoms with Crippen molar-refractivity contribution in [2.75, 3.05) is 11.9 Å². The fourth-order valence-corrected chi connectivity index (χ4v) is 2.63. The number of nitro benzene ring substituents is 1. The van der Waals surface area contributed by atoms with Crippen LogP contribution in [0.15, 0.2) is 30.3 Å². The second kappa shape index (κ2) is 7.73. The lowest BCUT2D eigenvalue weighted by Gasteiger charge is -2.11. The summed E-state index contributed by atoms with van der Waals surface area (Å²) >= 11 is 0. The van der Waals surface area contributed by atoms with Crippen LogP contribution in [0.3, 0.4) is 0 Å². The maximum Gasteiger partial charge on any atom is 0.339 e. The van der Waals surface area contributed by atoms with Crippen LogP contribution in [0.4, 0.5) is 15.8 Å². The van der Waals surface area contributed by atoms with Gasteiger partial charge in [-0.3, -0.25) is 14.9 Å². The summed E-state index contributed by atoms with van der Waals surface area (Å²) in [6.45, 7) is 4.88. The van der Waals surface area contributed by atoms with Gasteiger partial charge >= 0.3 is 11.7 Å². The number of rotatable bonds is 5. The van der Waals surface area contributed by atoms with Crippen molar-refractivity contribution in [2.45, 2.75) is 20.8 Å². The minimum Gasteiger partial charge on any atom is -0.452 e. The SMILES string of the molecule is Cc1cc(C)c(C(=O)OCC(=O)Nc2ccc(F)c([N+](=O)[O-])c2)c(C)c1. The fraction of sp³-hybridized carbons (Fsp3) is 0.222. The summed E-state index contributed by atoms with van der Waals surface area (Å²) in [4.78, 5) is 33.9. The van der Waals surface area contributed by atoms with Crippen molar-refractivity contribution in [1.29, 1.82) is 0 Å². The van der Waals surface area contributed by atoms with Gasteiger partial charge in [0.15, 0.2) is 6.61 Å². The number of halogens is 1. The molecule has 7 nitrogen and oxygen atoms in total. The van der Waals surface area contributed by atoms with Gasteiger partial charge < -0.3 is 10.1 Å². The van der Waals surface area contributed by atoms with Gasteiger partial charge in [0.1, 0.15) is 0 Å². The molecule has 0 spiro atoms.